The molecule has 0 unspecified atom stereocenters. The number of nitrogens with zero attached hydrogens (tertiary/aromatic N) is 3. The van der Waals surface area contributed by atoms with Gasteiger partial charge in [-0.1, -0.05) is 29.5 Å². The maximum absolute atomic E-state index is 12.3. The predicted molar refractivity (Wildman–Crippen MR) is 85.7 cm³/mol. The average Bonchev–Trinajstić information content (AvgIpc) is 3.19. The van der Waals surface area contributed by atoms with Crippen LogP contribution in [0.15, 0.2) is 41.2 Å². The van der Waals surface area contributed by atoms with Gasteiger partial charge in [0.25, 0.3) is 5.56 Å². The third kappa shape index (κ3) is 2.65. The van der Waals surface area contributed by atoms with Crippen molar-refractivity contribution in [3.8, 4) is 0 Å². The standard InChI is InChI=1S/C17H18N4O2/c22-16(18-9-13-8-11-5-6-12(13)7-11)10-21-17(23)14-3-1-2-4-15(14)19-20-21/h1-6,11-13H,7-10H2,(H,18,22)/t11-,12+,13+/m1/s1. The summed E-state index contributed by atoms with van der Waals surface area (Å²) in [5.74, 6) is 1.62. The summed E-state index contributed by atoms with van der Waals surface area (Å²) in [5.41, 5.74) is 0.261. The Balaban J connectivity index is 1.42. The lowest BCUT2D eigenvalue weighted by Gasteiger charge is -2.18. The molecule has 2 aliphatic rings. The summed E-state index contributed by atoms with van der Waals surface area (Å²) in [5, 5.41) is 11.2. The minimum absolute atomic E-state index is 0.0900. The van der Waals surface area contributed by atoms with Crippen molar-refractivity contribution in [1.82, 2.24) is 20.3 Å². The van der Waals surface area contributed by atoms with Crippen molar-refractivity contribution >= 4 is 16.8 Å². The Bertz CT molecular complexity index is 842. The molecule has 1 fully saturated rings. The first-order valence-corrected chi connectivity index (χ1v) is 7.98. The van der Waals surface area contributed by atoms with E-state index in [-0.39, 0.29) is 18.0 Å². The molecule has 118 valence electrons. The number of hydrogen-bond acceptors (Lipinski definition) is 4. The lowest BCUT2D eigenvalue weighted by atomic mass is 9.94. The Morgan fingerprint density at radius 2 is 2.13 bits per heavy atom. The summed E-state index contributed by atoms with van der Waals surface area (Å²) in [6.07, 6.45) is 6.92. The van der Waals surface area contributed by atoms with Gasteiger partial charge in [0.05, 0.1) is 5.39 Å². The number of carbonyl (C=O) groups excluding carboxylic acids is 1. The van der Waals surface area contributed by atoms with Crippen molar-refractivity contribution in [2.45, 2.75) is 19.4 Å². The number of benzene rings is 1. The zero-order chi connectivity index (χ0) is 15.8. The molecule has 1 aromatic heterocycles. The SMILES string of the molecule is O=C(Cn1nnc2ccccc2c1=O)NC[C@@H]1C[C@@H]2C=C[C@H]1C2. The van der Waals surface area contributed by atoms with Crippen molar-refractivity contribution in [1.29, 1.82) is 0 Å². The fraction of sp³-hybridized carbons (Fsp3) is 0.412. The number of allylic oxidation sites excluding steroid dienone is 2. The van der Waals surface area contributed by atoms with Crippen LogP contribution in [0.25, 0.3) is 10.9 Å². The minimum Gasteiger partial charge on any atom is -0.354 e. The molecule has 2 aliphatic carbocycles. The topological polar surface area (TPSA) is 76.9 Å². The molecule has 1 aromatic carbocycles. The monoisotopic (exact) mass is 310 g/mol. The molecule has 0 saturated heterocycles. The summed E-state index contributed by atoms with van der Waals surface area (Å²) in [6, 6.07) is 7.01. The Morgan fingerprint density at radius 3 is 2.91 bits per heavy atom. The van der Waals surface area contributed by atoms with Gasteiger partial charge in [0, 0.05) is 6.54 Å². The Kier molecular flexibility index (Phi) is 3.44. The van der Waals surface area contributed by atoms with Crippen LogP contribution in [-0.2, 0) is 11.3 Å². The number of hydrogen-bond donors (Lipinski definition) is 1. The van der Waals surface area contributed by atoms with Gasteiger partial charge in [0.1, 0.15) is 12.1 Å². The quantitative estimate of drug-likeness (QED) is 0.859. The van der Waals surface area contributed by atoms with E-state index in [9.17, 15) is 9.59 Å². The fourth-order valence-electron chi connectivity index (χ4n) is 3.69. The van der Waals surface area contributed by atoms with Crippen LogP contribution in [0.3, 0.4) is 0 Å². The molecule has 23 heavy (non-hydrogen) atoms. The van der Waals surface area contributed by atoms with Crippen LogP contribution in [0.2, 0.25) is 0 Å². The van der Waals surface area contributed by atoms with Crippen molar-refractivity contribution < 1.29 is 4.79 Å². The molecule has 4 rings (SSSR count). The van der Waals surface area contributed by atoms with Crippen LogP contribution in [0, 0.1) is 17.8 Å². The van der Waals surface area contributed by atoms with Gasteiger partial charge in [-0.05, 0) is 42.7 Å². The number of nitrogens with one attached hydrogen (secondary N) is 1. The molecule has 1 saturated carbocycles. The van der Waals surface area contributed by atoms with Crippen LogP contribution in [0.4, 0.5) is 0 Å². The lowest BCUT2D eigenvalue weighted by molar-refractivity contribution is -0.122. The second-order valence-corrected chi connectivity index (χ2v) is 6.41. The van der Waals surface area contributed by atoms with E-state index in [4.69, 9.17) is 0 Å². The fourth-order valence-corrected chi connectivity index (χ4v) is 3.69. The lowest BCUT2D eigenvalue weighted by Crippen LogP contribution is -2.37. The highest BCUT2D eigenvalue weighted by molar-refractivity contribution is 5.78. The molecule has 0 spiro atoms. The molecule has 0 aliphatic heterocycles. The Morgan fingerprint density at radius 1 is 1.26 bits per heavy atom. The number of amides is 1. The van der Waals surface area contributed by atoms with Crippen LogP contribution in [-0.4, -0.2) is 27.4 Å². The average molecular weight is 310 g/mol. The van der Waals surface area contributed by atoms with E-state index >= 15 is 0 Å². The third-order valence-electron chi connectivity index (χ3n) is 4.90. The third-order valence-corrected chi connectivity index (χ3v) is 4.90. The molecule has 6 heteroatoms. The van der Waals surface area contributed by atoms with Crippen LogP contribution >= 0.6 is 0 Å². The molecule has 1 N–H and O–H groups in total. The largest absolute Gasteiger partial charge is 0.354 e. The first-order valence-electron chi connectivity index (χ1n) is 7.98. The zero-order valence-electron chi connectivity index (χ0n) is 12.7. The van der Waals surface area contributed by atoms with Gasteiger partial charge in [-0.25, -0.2) is 4.68 Å². The minimum atomic E-state index is -0.284. The molecular formula is C17H18N4O2. The van der Waals surface area contributed by atoms with E-state index in [1.165, 1.54) is 6.42 Å². The highest BCUT2D eigenvalue weighted by atomic mass is 16.2. The predicted octanol–water partition coefficient (Wildman–Crippen LogP) is 1.12. The van der Waals surface area contributed by atoms with Gasteiger partial charge < -0.3 is 5.32 Å². The van der Waals surface area contributed by atoms with E-state index in [0.29, 0.717) is 35.2 Å². The molecule has 6 nitrogen and oxygen atoms in total. The number of aromatic nitrogens is 3. The van der Waals surface area contributed by atoms with E-state index in [2.05, 4.69) is 27.8 Å². The van der Waals surface area contributed by atoms with Crippen LogP contribution < -0.4 is 10.9 Å². The van der Waals surface area contributed by atoms with Gasteiger partial charge in [-0.3, -0.25) is 9.59 Å². The Hall–Kier alpha value is -2.50. The molecule has 2 bridgehead atoms. The molecule has 1 heterocycles. The molecule has 3 atom stereocenters. The zero-order valence-corrected chi connectivity index (χ0v) is 12.7. The molecule has 0 radical (unpaired) electrons. The number of fused-ring (bicyclic) bond motifs is 3. The molecule has 1 amide bonds. The summed E-state index contributed by atoms with van der Waals surface area (Å²) >= 11 is 0. The van der Waals surface area contributed by atoms with Crippen molar-refractivity contribution in [3.05, 3.63) is 46.8 Å². The second kappa shape index (κ2) is 5.61. The number of carbonyl (C=O) groups is 1. The summed E-state index contributed by atoms with van der Waals surface area (Å²) in [7, 11) is 0. The van der Waals surface area contributed by atoms with Crippen molar-refractivity contribution in [3.63, 3.8) is 0 Å². The van der Waals surface area contributed by atoms with E-state index in [1.807, 2.05) is 0 Å². The van der Waals surface area contributed by atoms with Crippen LogP contribution in [0.1, 0.15) is 12.8 Å². The second-order valence-electron chi connectivity index (χ2n) is 6.41. The maximum atomic E-state index is 12.3. The smallest absolute Gasteiger partial charge is 0.278 e. The highest BCUT2D eigenvalue weighted by Gasteiger charge is 2.35. The summed E-state index contributed by atoms with van der Waals surface area (Å²) < 4.78 is 1.12. The number of rotatable bonds is 4. The first-order chi connectivity index (χ1) is 11.2. The normalized spacial score (nSPS) is 25.1. The van der Waals surface area contributed by atoms with E-state index in [0.717, 1.165) is 11.1 Å². The molecule has 2 aromatic rings. The van der Waals surface area contributed by atoms with Gasteiger partial charge in [-0.15, -0.1) is 5.10 Å². The highest BCUT2D eigenvalue weighted by Crippen LogP contribution is 2.42. The van der Waals surface area contributed by atoms with Crippen LogP contribution in [0.5, 0.6) is 0 Å². The Labute approximate surface area is 133 Å². The maximum Gasteiger partial charge on any atom is 0.278 e. The summed E-state index contributed by atoms with van der Waals surface area (Å²) in [6.45, 7) is 0.577. The molecular weight excluding hydrogens is 292 g/mol. The first kappa shape index (κ1) is 14.1. The van der Waals surface area contributed by atoms with Gasteiger partial charge in [0.2, 0.25) is 5.91 Å². The van der Waals surface area contributed by atoms with E-state index in [1.54, 1.807) is 24.3 Å². The van der Waals surface area contributed by atoms with Gasteiger partial charge in [0.15, 0.2) is 0 Å². The summed E-state index contributed by atoms with van der Waals surface area (Å²) in [4.78, 5) is 24.4. The van der Waals surface area contributed by atoms with Gasteiger partial charge in [-0.2, -0.15) is 0 Å². The van der Waals surface area contributed by atoms with Crippen molar-refractivity contribution in [2.24, 2.45) is 17.8 Å². The van der Waals surface area contributed by atoms with Gasteiger partial charge >= 0.3 is 0 Å². The van der Waals surface area contributed by atoms with Crippen molar-refractivity contribution in [2.75, 3.05) is 6.54 Å². The van der Waals surface area contributed by atoms with E-state index < -0.39 is 0 Å².